The first kappa shape index (κ1) is 11.9. The third-order valence-electron chi connectivity index (χ3n) is 2.72. The van der Waals surface area contributed by atoms with Crippen molar-refractivity contribution in [2.75, 3.05) is 0 Å². The predicted molar refractivity (Wildman–Crippen MR) is 71.8 cm³/mol. The standard InChI is InChI=1S/C14H9ClFN3/c15-11-3-7-13(8-4-11)19-14(17-9-18-19)10-1-5-12(16)6-2-10/h1-9H. The van der Waals surface area contributed by atoms with Crippen molar-refractivity contribution in [3.05, 3.63) is 65.7 Å². The van der Waals surface area contributed by atoms with E-state index in [1.165, 1.54) is 18.5 Å². The van der Waals surface area contributed by atoms with Crippen molar-refractivity contribution in [1.82, 2.24) is 14.8 Å². The molecule has 0 radical (unpaired) electrons. The minimum Gasteiger partial charge on any atom is -0.215 e. The zero-order chi connectivity index (χ0) is 13.2. The quantitative estimate of drug-likeness (QED) is 0.712. The molecule has 3 rings (SSSR count). The fourth-order valence-electron chi connectivity index (χ4n) is 1.81. The summed E-state index contributed by atoms with van der Waals surface area (Å²) in [6.45, 7) is 0. The van der Waals surface area contributed by atoms with Crippen molar-refractivity contribution in [1.29, 1.82) is 0 Å². The summed E-state index contributed by atoms with van der Waals surface area (Å²) in [5.41, 5.74) is 1.65. The molecule has 1 aromatic heterocycles. The number of hydrogen-bond acceptors (Lipinski definition) is 2. The molecule has 0 bridgehead atoms. The molecule has 0 atom stereocenters. The Morgan fingerprint density at radius 1 is 0.947 bits per heavy atom. The van der Waals surface area contributed by atoms with Gasteiger partial charge >= 0.3 is 0 Å². The minimum absolute atomic E-state index is 0.277. The van der Waals surface area contributed by atoms with Gasteiger partial charge in [-0.3, -0.25) is 0 Å². The SMILES string of the molecule is Fc1ccc(-c2ncnn2-c2ccc(Cl)cc2)cc1. The number of benzene rings is 2. The molecule has 0 aliphatic heterocycles. The zero-order valence-electron chi connectivity index (χ0n) is 9.79. The van der Waals surface area contributed by atoms with Gasteiger partial charge in [-0.15, -0.1) is 0 Å². The Balaban J connectivity index is 2.07. The van der Waals surface area contributed by atoms with Crippen LogP contribution in [-0.4, -0.2) is 14.8 Å². The lowest BCUT2D eigenvalue weighted by Crippen LogP contribution is -1.99. The van der Waals surface area contributed by atoms with Crippen LogP contribution in [0.25, 0.3) is 17.1 Å². The molecular weight excluding hydrogens is 265 g/mol. The van der Waals surface area contributed by atoms with Gasteiger partial charge in [0.2, 0.25) is 0 Å². The van der Waals surface area contributed by atoms with Crippen LogP contribution < -0.4 is 0 Å². The summed E-state index contributed by atoms with van der Waals surface area (Å²) in [5.74, 6) is 0.378. The van der Waals surface area contributed by atoms with Crippen molar-refractivity contribution in [2.24, 2.45) is 0 Å². The highest BCUT2D eigenvalue weighted by atomic mass is 35.5. The van der Waals surface area contributed by atoms with E-state index in [0.717, 1.165) is 11.3 Å². The molecule has 0 saturated carbocycles. The molecule has 0 aliphatic carbocycles. The van der Waals surface area contributed by atoms with Crippen LogP contribution in [0, 0.1) is 5.82 Å². The second-order valence-corrected chi connectivity index (χ2v) is 4.42. The summed E-state index contributed by atoms with van der Waals surface area (Å²) >= 11 is 5.86. The molecule has 0 aliphatic rings. The molecule has 0 unspecified atom stereocenters. The van der Waals surface area contributed by atoms with E-state index in [0.29, 0.717) is 10.8 Å². The predicted octanol–water partition coefficient (Wildman–Crippen LogP) is 3.73. The van der Waals surface area contributed by atoms with Crippen molar-refractivity contribution >= 4 is 11.6 Å². The fraction of sp³-hybridized carbons (Fsp3) is 0. The summed E-state index contributed by atoms with van der Waals surface area (Å²) in [5, 5.41) is 4.84. The van der Waals surface area contributed by atoms with E-state index in [2.05, 4.69) is 10.1 Å². The van der Waals surface area contributed by atoms with Gasteiger partial charge in [0, 0.05) is 10.6 Å². The Labute approximate surface area is 114 Å². The largest absolute Gasteiger partial charge is 0.215 e. The molecule has 0 spiro atoms. The maximum Gasteiger partial charge on any atom is 0.163 e. The van der Waals surface area contributed by atoms with E-state index in [1.54, 1.807) is 28.9 Å². The summed E-state index contributed by atoms with van der Waals surface area (Å²) < 4.78 is 14.6. The Morgan fingerprint density at radius 2 is 1.63 bits per heavy atom. The van der Waals surface area contributed by atoms with Crippen LogP contribution in [0.5, 0.6) is 0 Å². The van der Waals surface area contributed by atoms with Crippen molar-refractivity contribution < 1.29 is 4.39 Å². The second kappa shape index (κ2) is 4.82. The van der Waals surface area contributed by atoms with Crippen LogP contribution in [0.3, 0.4) is 0 Å². The lowest BCUT2D eigenvalue weighted by Gasteiger charge is -2.06. The van der Waals surface area contributed by atoms with Crippen LogP contribution in [-0.2, 0) is 0 Å². The maximum absolute atomic E-state index is 12.9. The van der Waals surface area contributed by atoms with Gasteiger partial charge in [-0.2, -0.15) is 5.10 Å². The molecule has 0 N–H and O–H groups in total. The maximum atomic E-state index is 12.9. The van der Waals surface area contributed by atoms with Crippen LogP contribution in [0.15, 0.2) is 54.9 Å². The van der Waals surface area contributed by atoms with E-state index in [1.807, 2.05) is 12.1 Å². The normalized spacial score (nSPS) is 10.6. The molecule has 19 heavy (non-hydrogen) atoms. The molecule has 3 aromatic rings. The summed E-state index contributed by atoms with van der Waals surface area (Å²) in [6.07, 6.45) is 1.47. The van der Waals surface area contributed by atoms with Gasteiger partial charge in [-0.1, -0.05) is 11.6 Å². The molecule has 94 valence electrons. The first-order valence-corrected chi connectivity index (χ1v) is 6.04. The van der Waals surface area contributed by atoms with Gasteiger partial charge in [0.1, 0.15) is 12.1 Å². The van der Waals surface area contributed by atoms with Crippen LogP contribution in [0.1, 0.15) is 0 Å². The third kappa shape index (κ3) is 2.35. The molecule has 1 heterocycles. The van der Waals surface area contributed by atoms with Gasteiger partial charge in [0.05, 0.1) is 5.69 Å². The molecule has 2 aromatic carbocycles. The minimum atomic E-state index is -0.277. The molecular formula is C14H9ClFN3. The average Bonchev–Trinajstić information content (AvgIpc) is 2.90. The number of rotatable bonds is 2. The monoisotopic (exact) mass is 273 g/mol. The van der Waals surface area contributed by atoms with Gasteiger partial charge in [-0.25, -0.2) is 14.1 Å². The molecule has 0 saturated heterocycles. The van der Waals surface area contributed by atoms with E-state index < -0.39 is 0 Å². The Bertz CT molecular complexity index is 629. The van der Waals surface area contributed by atoms with E-state index in [-0.39, 0.29) is 5.82 Å². The van der Waals surface area contributed by atoms with Gasteiger partial charge in [0.15, 0.2) is 5.82 Å². The molecule has 0 fully saturated rings. The summed E-state index contributed by atoms with van der Waals surface area (Å²) in [7, 11) is 0. The Kier molecular flexibility index (Phi) is 3.01. The topological polar surface area (TPSA) is 30.7 Å². The smallest absolute Gasteiger partial charge is 0.163 e. The molecule has 5 heteroatoms. The van der Waals surface area contributed by atoms with Crippen molar-refractivity contribution in [3.8, 4) is 17.1 Å². The van der Waals surface area contributed by atoms with E-state index in [9.17, 15) is 4.39 Å². The fourth-order valence-corrected chi connectivity index (χ4v) is 1.93. The number of halogens is 2. The van der Waals surface area contributed by atoms with Crippen LogP contribution in [0.2, 0.25) is 5.02 Å². The van der Waals surface area contributed by atoms with Gasteiger partial charge in [0.25, 0.3) is 0 Å². The lowest BCUT2D eigenvalue weighted by molar-refractivity contribution is 0.628. The first-order valence-electron chi connectivity index (χ1n) is 5.66. The Hall–Kier alpha value is -2.20. The highest BCUT2D eigenvalue weighted by molar-refractivity contribution is 6.30. The number of hydrogen-bond donors (Lipinski definition) is 0. The number of aromatic nitrogens is 3. The Morgan fingerprint density at radius 3 is 2.32 bits per heavy atom. The zero-order valence-corrected chi connectivity index (χ0v) is 10.5. The second-order valence-electron chi connectivity index (χ2n) is 3.98. The number of nitrogens with zero attached hydrogens (tertiary/aromatic N) is 3. The third-order valence-corrected chi connectivity index (χ3v) is 2.97. The van der Waals surface area contributed by atoms with Crippen LogP contribution in [0.4, 0.5) is 4.39 Å². The summed E-state index contributed by atoms with van der Waals surface area (Å²) in [4.78, 5) is 4.21. The van der Waals surface area contributed by atoms with Crippen LogP contribution >= 0.6 is 11.6 Å². The molecule has 3 nitrogen and oxygen atoms in total. The van der Waals surface area contributed by atoms with E-state index >= 15 is 0 Å². The summed E-state index contributed by atoms with van der Waals surface area (Å²) in [6, 6.07) is 13.4. The van der Waals surface area contributed by atoms with Crippen molar-refractivity contribution in [3.63, 3.8) is 0 Å². The van der Waals surface area contributed by atoms with Gasteiger partial charge < -0.3 is 0 Å². The average molecular weight is 274 g/mol. The lowest BCUT2D eigenvalue weighted by atomic mass is 10.2. The van der Waals surface area contributed by atoms with Crippen molar-refractivity contribution in [2.45, 2.75) is 0 Å². The highest BCUT2D eigenvalue weighted by Crippen LogP contribution is 2.21. The molecule has 0 amide bonds. The van der Waals surface area contributed by atoms with Gasteiger partial charge in [-0.05, 0) is 48.5 Å². The van der Waals surface area contributed by atoms with E-state index in [4.69, 9.17) is 11.6 Å². The first-order chi connectivity index (χ1) is 9.24. The highest BCUT2D eigenvalue weighted by Gasteiger charge is 2.09.